The second kappa shape index (κ2) is 7.50. The number of hydrogen-bond acceptors (Lipinski definition) is 5. The van der Waals surface area contributed by atoms with Crippen molar-refractivity contribution < 1.29 is 23.8 Å². The molecule has 0 bridgehead atoms. The number of carbonyl (C=O) groups excluding carboxylic acids is 2. The zero-order valence-corrected chi connectivity index (χ0v) is 12.9. The third-order valence-electron chi connectivity index (χ3n) is 4.04. The van der Waals surface area contributed by atoms with Crippen molar-refractivity contribution in [1.82, 2.24) is 0 Å². The molecule has 116 valence electrons. The van der Waals surface area contributed by atoms with E-state index in [-0.39, 0.29) is 25.1 Å². The molecule has 5 nitrogen and oxygen atoms in total. The Balaban J connectivity index is 2.30. The van der Waals surface area contributed by atoms with Crippen LogP contribution in [0.25, 0.3) is 0 Å². The smallest absolute Gasteiger partial charge is 0.462 e. The maximum atomic E-state index is 12.0. The molecule has 0 aromatic rings. The van der Waals surface area contributed by atoms with Crippen molar-refractivity contribution >= 4 is 12.1 Å². The Bertz CT molecular complexity index is 337. The van der Waals surface area contributed by atoms with Crippen molar-refractivity contribution in [2.75, 3.05) is 20.3 Å². The lowest BCUT2D eigenvalue weighted by Gasteiger charge is -2.37. The fourth-order valence-electron chi connectivity index (χ4n) is 2.83. The van der Waals surface area contributed by atoms with Gasteiger partial charge in [0.25, 0.3) is 0 Å². The molecule has 0 heterocycles. The van der Waals surface area contributed by atoms with Gasteiger partial charge in [-0.15, -0.1) is 0 Å². The number of hydrogen-bond donors (Lipinski definition) is 0. The number of carbonyl (C=O) groups is 2. The first-order valence-electron chi connectivity index (χ1n) is 7.23. The molecule has 0 aromatic carbocycles. The molecule has 0 saturated heterocycles. The number of rotatable bonds is 5. The van der Waals surface area contributed by atoms with E-state index in [4.69, 9.17) is 4.74 Å². The molecule has 5 heteroatoms. The average Bonchev–Trinajstić information content (AvgIpc) is 2.41. The maximum absolute atomic E-state index is 12.0. The van der Waals surface area contributed by atoms with Gasteiger partial charge in [-0.2, -0.15) is 0 Å². The van der Waals surface area contributed by atoms with E-state index in [0.717, 1.165) is 12.8 Å². The largest absolute Gasteiger partial charge is 0.508 e. The van der Waals surface area contributed by atoms with Crippen LogP contribution in [0.2, 0.25) is 0 Å². The minimum atomic E-state index is -0.761. The van der Waals surface area contributed by atoms with Gasteiger partial charge in [0.1, 0.15) is 13.2 Å². The van der Waals surface area contributed by atoms with Gasteiger partial charge >= 0.3 is 12.1 Å². The van der Waals surface area contributed by atoms with Crippen molar-refractivity contribution in [3.63, 3.8) is 0 Å². The van der Waals surface area contributed by atoms with E-state index in [1.165, 1.54) is 20.0 Å². The van der Waals surface area contributed by atoms with Gasteiger partial charge in [-0.25, -0.2) is 4.79 Å². The SMILES string of the molecule is COC(=O)OCCOC(=O)C(C)C1CCCC(C)(C)C1. The third kappa shape index (κ3) is 5.39. The standard InChI is InChI=1S/C15H26O5/c1-11(12-6-5-7-15(2,3)10-12)13(16)19-8-9-20-14(17)18-4/h11-12H,5-10H2,1-4H3. The Morgan fingerprint density at radius 1 is 1.25 bits per heavy atom. The summed E-state index contributed by atoms with van der Waals surface area (Å²) in [7, 11) is 1.24. The van der Waals surface area contributed by atoms with Crippen molar-refractivity contribution in [3.8, 4) is 0 Å². The second-order valence-electron chi connectivity index (χ2n) is 6.28. The predicted octanol–water partition coefficient (Wildman–Crippen LogP) is 3.17. The van der Waals surface area contributed by atoms with E-state index in [1.807, 2.05) is 6.92 Å². The van der Waals surface area contributed by atoms with Crippen LogP contribution >= 0.6 is 0 Å². The first-order valence-corrected chi connectivity index (χ1v) is 7.23. The molecule has 20 heavy (non-hydrogen) atoms. The van der Waals surface area contributed by atoms with Crippen molar-refractivity contribution in [3.05, 3.63) is 0 Å². The molecule has 0 radical (unpaired) electrons. The lowest BCUT2D eigenvalue weighted by Crippen LogP contribution is -2.31. The van der Waals surface area contributed by atoms with E-state index in [9.17, 15) is 9.59 Å². The van der Waals surface area contributed by atoms with Crippen LogP contribution in [0, 0.1) is 17.3 Å². The van der Waals surface area contributed by atoms with Gasteiger partial charge in [0, 0.05) is 0 Å². The highest BCUT2D eigenvalue weighted by Gasteiger charge is 2.34. The molecule has 1 rings (SSSR count). The van der Waals surface area contributed by atoms with Crippen LogP contribution in [0.1, 0.15) is 46.5 Å². The van der Waals surface area contributed by atoms with Gasteiger partial charge in [-0.3, -0.25) is 4.79 Å². The lowest BCUT2D eigenvalue weighted by molar-refractivity contribution is -0.152. The van der Waals surface area contributed by atoms with Crippen LogP contribution in [0.4, 0.5) is 4.79 Å². The minimum absolute atomic E-state index is 0.0291. The predicted molar refractivity (Wildman–Crippen MR) is 74.2 cm³/mol. The van der Waals surface area contributed by atoms with Crippen LogP contribution in [-0.4, -0.2) is 32.4 Å². The van der Waals surface area contributed by atoms with E-state index in [2.05, 4.69) is 23.3 Å². The molecule has 0 amide bonds. The van der Waals surface area contributed by atoms with Gasteiger partial charge in [-0.05, 0) is 30.6 Å². The summed E-state index contributed by atoms with van der Waals surface area (Å²) in [6.07, 6.45) is 3.77. The summed E-state index contributed by atoms with van der Waals surface area (Å²) >= 11 is 0. The Morgan fingerprint density at radius 2 is 1.90 bits per heavy atom. The van der Waals surface area contributed by atoms with Crippen molar-refractivity contribution in [2.45, 2.75) is 46.5 Å². The monoisotopic (exact) mass is 286 g/mol. The van der Waals surface area contributed by atoms with Gasteiger partial charge in [0.05, 0.1) is 13.0 Å². The van der Waals surface area contributed by atoms with Crippen LogP contribution in [0.5, 0.6) is 0 Å². The highest BCUT2D eigenvalue weighted by molar-refractivity contribution is 5.72. The van der Waals surface area contributed by atoms with Gasteiger partial charge in [0.15, 0.2) is 0 Å². The highest BCUT2D eigenvalue weighted by atomic mass is 16.7. The summed E-state index contributed by atoms with van der Waals surface area (Å²) in [5.74, 6) is 0.0710. The average molecular weight is 286 g/mol. The Morgan fingerprint density at radius 3 is 2.50 bits per heavy atom. The summed E-state index contributed by atoms with van der Waals surface area (Å²) < 4.78 is 14.1. The molecule has 0 aromatic heterocycles. The fourth-order valence-corrected chi connectivity index (χ4v) is 2.83. The van der Waals surface area contributed by atoms with Crippen LogP contribution in [-0.2, 0) is 19.0 Å². The zero-order valence-electron chi connectivity index (χ0n) is 12.9. The summed E-state index contributed by atoms with van der Waals surface area (Å²) in [6.45, 7) is 6.54. The summed E-state index contributed by atoms with van der Waals surface area (Å²) in [5, 5.41) is 0. The number of ether oxygens (including phenoxy) is 3. The molecule has 1 aliphatic carbocycles. The van der Waals surface area contributed by atoms with Gasteiger partial charge < -0.3 is 14.2 Å². The Kier molecular flexibility index (Phi) is 6.30. The van der Waals surface area contributed by atoms with E-state index < -0.39 is 6.16 Å². The van der Waals surface area contributed by atoms with E-state index >= 15 is 0 Å². The maximum Gasteiger partial charge on any atom is 0.508 e. The fraction of sp³-hybridized carbons (Fsp3) is 0.867. The summed E-state index contributed by atoms with van der Waals surface area (Å²) in [6, 6.07) is 0. The first-order chi connectivity index (χ1) is 9.35. The number of esters is 1. The Labute approximate surface area is 121 Å². The first kappa shape index (κ1) is 16.8. The van der Waals surface area contributed by atoms with Crippen molar-refractivity contribution in [1.29, 1.82) is 0 Å². The Hall–Kier alpha value is -1.26. The molecule has 2 unspecified atom stereocenters. The van der Waals surface area contributed by atoms with Gasteiger partial charge in [-0.1, -0.05) is 27.2 Å². The minimum Gasteiger partial charge on any atom is -0.462 e. The van der Waals surface area contributed by atoms with E-state index in [1.54, 1.807) is 0 Å². The third-order valence-corrected chi connectivity index (χ3v) is 4.04. The van der Waals surface area contributed by atoms with Gasteiger partial charge in [0.2, 0.25) is 0 Å². The van der Waals surface area contributed by atoms with E-state index in [0.29, 0.717) is 11.3 Å². The zero-order chi connectivity index (χ0) is 15.2. The molecule has 1 fully saturated rings. The second-order valence-corrected chi connectivity index (χ2v) is 6.28. The van der Waals surface area contributed by atoms with Crippen molar-refractivity contribution in [2.24, 2.45) is 17.3 Å². The van der Waals surface area contributed by atoms with Crippen LogP contribution in [0.3, 0.4) is 0 Å². The molecular weight excluding hydrogens is 260 g/mol. The molecule has 1 saturated carbocycles. The molecule has 0 spiro atoms. The molecule has 1 aliphatic rings. The highest BCUT2D eigenvalue weighted by Crippen LogP contribution is 2.41. The summed E-state index contributed by atoms with van der Waals surface area (Å²) in [5.41, 5.74) is 0.311. The topological polar surface area (TPSA) is 61.8 Å². The normalized spacial score (nSPS) is 22.7. The summed E-state index contributed by atoms with van der Waals surface area (Å²) in [4.78, 5) is 22.7. The quantitative estimate of drug-likeness (QED) is 0.574. The van der Waals surface area contributed by atoms with Crippen LogP contribution < -0.4 is 0 Å². The lowest BCUT2D eigenvalue weighted by atomic mass is 9.68. The molecular formula is C15H26O5. The molecule has 0 aliphatic heterocycles. The molecule has 2 atom stereocenters. The number of methoxy groups -OCH3 is 1. The molecule has 0 N–H and O–H groups in total. The van der Waals surface area contributed by atoms with Crippen LogP contribution in [0.15, 0.2) is 0 Å².